The van der Waals surface area contributed by atoms with E-state index < -0.39 is 10.0 Å². The molecule has 0 amide bonds. The van der Waals surface area contributed by atoms with E-state index in [2.05, 4.69) is 27.3 Å². The third kappa shape index (κ3) is 5.58. The molecule has 6 nitrogen and oxygen atoms in total. The summed E-state index contributed by atoms with van der Waals surface area (Å²) >= 11 is 1.20. The van der Waals surface area contributed by atoms with E-state index >= 15 is 0 Å². The Morgan fingerprint density at radius 2 is 2.05 bits per heavy atom. The van der Waals surface area contributed by atoms with Crippen LogP contribution in [-0.2, 0) is 10.0 Å². The van der Waals surface area contributed by atoms with Gasteiger partial charge in [0.1, 0.15) is 4.21 Å². The fourth-order valence-electron chi connectivity index (χ4n) is 1.32. The van der Waals surface area contributed by atoms with Gasteiger partial charge in [0.2, 0.25) is 10.0 Å². The molecule has 0 fully saturated rings. The number of aliphatic imine (C=N–C) groups is 1. The van der Waals surface area contributed by atoms with Crippen molar-refractivity contribution in [3.8, 4) is 0 Å². The quantitative estimate of drug-likeness (QED) is 0.391. The van der Waals surface area contributed by atoms with Crippen LogP contribution in [-0.4, -0.2) is 41.1 Å². The Hall–Kier alpha value is -1.12. The Bertz CT molecular complexity index is 483. The maximum atomic E-state index is 11.8. The van der Waals surface area contributed by atoms with Crippen LogP contribution in [0.15, 0.2) is 26.7 Å². The molecule has 0 saturated carbocycles. The normalized spacial score (nSPS) is 12.4. The van der Waals surface area contributed by atoms with Gasteiger partial charge in [0.25, 0.3) is 0 Å². The molecule has 0 unspecified atom stereocenters. The summed E-state index contributed by atoms with van der Waals surface area (Å²) in [6.45, 7) is 3.69. The third-order valence-electron chi connectivity index (χ3n) is 2.24. The summed E-state index contributed by atoms with van der Waals surface area (Å²) in [6.07, 6.45) is 1.01. The minimum absolute atomic E-state index is 0.313. The maximum absolute atomic E-state index is 11.8. The van der Waals surface area contributed by atoms with Gasteiger partial charge < -0.3 is 10.6 Å². The van der Waals surface area contributed by atoms with E-state index in [1.807, 2.05) is 0 Å². The van der Waals surface area contributed by atoms with Gasteiger partial charge in [-0.1, -0.05) is 13.0 Å². The molecule has 3 N–H and O–H groups in total. The van der Waals surface area contributed by atoms with Crippen molar-refractivity contribution in [2.45, 2.75) is 17.6 Å². The number of sulfonamides is 1. The molecule has 1 aromatic heterocycles. The van der Waals surface area contributed by atoms with Crippen LogP contribution in [0.1, 0.15) is 13.3 Å². The van der Waals surface area contributed by atoms with Crippen LogP contribution in [0.4, 0.5) is 0 Å². The Kier molecular flexibility index (Phi) is 6.82. The van der Waals surface area contributed by atoms with Crippen molar-refractivity contribution < 1.29 is 8.42 Å². The highest BCUT2D eigenvalue weighted by Crippen LogP contribution is 2.14. The summed E-state index contributed by atoms with van der Waals surface area (Å²) in [5.41, 5.74) is 0. The summed E-state index contributed by atoms with van der Waals surface area (Å²) < 4.78 is 26.5. The van der Waals surface area contributed by atoms with Crippen LogP contribution in [0.5, 0.6) is 0 Å². The van der Waals surface area contributed by atoms with Crippen LogP contribution in [0.2, 0.25) is 0 Å². The number of hydrogen-bond acceptors (Lipinski definition) is 4. The summed E-state index contributed by atoms with van der Waals surface area (Å²) in [7, 11) is -1.69. The molecule has 0 aliphatic rings. The molecular formula is C11H20N4O2S2. The van der Waals surface area contributed by atoms with Gasteiger partial charge in [-0.25, -0.2) is 13.1 Å². The number of nitrogens with zero attached hydrogens (tertiary/aromatic N) is 1. The van der Waals surface area contributed by atoms with Gasteiger partial charge in [0.05, 0.1) is 0 Å². The zero-order valence-corrected chi connectivity index (χ0v) is 12.8. The van der Waals surface area contributed by atoms with E-state index in [0.29, 0.717) is 23.3 Å². The van der Waals surface area contributed by atoms with Gasteiger partial charge in [0, 0.05) is 26.7 Å². The number of nitrogens with one attached hydrogen (secondary N) is 3. The molecule has 8 heteroatoms. The lowest BCUT2D eigenvalue weighted by Crippen LogP contribution is -2.41. The van der Waals surface area contributed by atoms with Crippen molar-refractivity contribution in [2.75, 3.05) is 26.7 Å². The lowest BCUT2D eigenvalue weighted by molar-refractivity contribution is 0.582. The van der Waals surface area contributed by atoms with Gasteiger partial charge in [-0.3, -0.25) is 4.99 Å². The maximum Gasteiger partial charge on any atom is 0.250 e. The molecule has 0 spiro atoms. The zero-order chi connectivity index (χ0) is 14.1. The molecule has 1 rings (SSSR count). The van der Waals surface area contributed by atoms with E-state index in [4.69, 9.17) is 0 Å². The van der Waals surface area contributed by atoms with Crippen molar-refractivity contribution in [3.63, 3.8) is 0 Å². The molecule has 0 bridgehead atoms. The second-order valence-corrected chi connectivity index (χ2v) is 6.70. The van der Waals surface area contributed by atoms with Gasteiger partial charge in [-0.15, -0.1) is 11.3 Å². The van der Waals surface area contributed by atoms with Crippen molar-refractivity contribution in [1.29, 1.82) is 0 Å². The van der Waals surface area contributed by atoms with E-state index in [0.717, 1.165) is 13.0 Å². The first kappa shape index (κ1) is 15.9. The number of hydrogen-bond donors (Lipinski definition) is 3. The summed E-state index contributed by atoms with van der Waals surface area (Å²) in [5.74, 6) is 0.678. The highest BCUT2D eigenvalue weighted by atomic mass is 32.2. The van der Waals surface area contributed by atoms with Crippen LogP contribution < -0.4 is 15.4 Å². The summed E-state index contributed by atoms with van der Waals surface area (Å²) in [5, 5.41) is 7.88. The van der Waals surface area contributed by atoms with E-state index in [-0.39, 0.29) is 0 Å². The average molecular weight is 304 g/mol. The minimum Gasteiger partial charge on any atom is -0.356 e. The van der Waals surface area contributed by atoms with Crippen molar-refractivity contribution >= 4 is 27.3 Å². The number of guanidine groups is 1. The predicted molar refractivity (Wildman–Crippen MR) is 79.2 cm³/mol. The minimum atomic E-state index is -3.37. The Morgan fingerprint density at radius 1 is 1.32 bits per heavy atom. The monoisotopic (exact) mass is 304 g/mol. The molecule has 108 valence electrons. The Labute approximate surface area is 118 Å². The lowest BCUT2D eigenvalue weighted by Gasteiger charge is -2.11. The van der Waals surface area contributed by atoms with Crippen LogP contribution >= 0.6 is 11.3 Å². The topological polar surface area (TPSA) is 82.6 Å². The molecule has 1 aromatic rings. The summed E-state index contributed by atoms with van der Waals surface area (Å²) in [4.78, 5) is 4.03. The molecule has 0 aromatic carbocycles. The van der Waals surface area contributed by atoms with Crippen molar-refractivity contribution in [2.24, 2.45) is 4.99 Å². The van der Waals surface area contributed by atoms with Gasteiger partial charge in [0.15, 0.2) is 5.96 Å². The molecule has 0 aliphatic heterocycles. The predicted octanol–water partition coefficient (Wildman–Crippen LogP) is 0.601. The molecule has 0 saturated heterocycles. The highest BCUT2D eigenvalue weighted by molar-refractivity contribution is 7.91. The molecule has 0 aliphatic carbocycles. The average Bonchev–Trinajstić information content (AvgIpc) is 2.92. The first-order valence-electron chi connectivity index (χ1n) is 6.08. The molecular weight excluding hydrogens is 284 g/mol. The largest absolute Gasteiger partial charge is 0.356 e. The fourth-order valence-corrected chi connectivity index (χ4v) is 3.39. The molecule has 1 heterocycles. The van der Waals surface area contributed by atoms with Gasteiger partial charge in [-0.2, -0.15) is 0 Å². The highest BCUT2D eigenvalue weighted by Gasteiger charge is 2.13. The number of thiophene rings is 1. The van der Waals surface area contributed by atoms with Crippen molar-refractivity contribution in [3.05, 3.63) is 17.5 Å². The fraction of sp³-hybridized carbons (Fsp3) is 0.545. The molecule has 19 heavy (non-hydrogen) atoms. The summed E-state index contributed by atoms with van der Waals surface area (Å²) in [6, 6.07) is 3.30. The smallest absolute Gasteiger partial charge is 0.250 e. The van der Waals surface area contributed by atoms with Crippen LogP contribution in [0, 0.1) is 0 Å². The Balaban J connectivity index is 2.31. The lowest BCUT2D eigenvalue weighted by atomic mass is 10.5. The zero-order valence-electron chi connectivity index (χ0n) is 11.1. The van der Waals surface area contributed by atoms with Gasteiger partial charge >= 0.3 is 0 Å². The van der Waals surface area contributed by atoms with E-state index in [1.165, 1.54) is 11.3 Å². The SMILES string of the molecule is CCCNC(=NC)NCCNS(=O)(=O)c1cccs1. The van der Waals surface area contributed by atoms with Crippen LogP contribution in [0.25, 0.3) is 0 Å². The molecule has 0 radical (unpaired) electrons. The second-order valence-electron chi connectivity index (χ2n) is 3.76. The van der Waals surface area contributed by atoms with Crippen LogP contribution in [0.3, 0.4) is 0 Å². The van der Waals surface area contributed by atoms with E-state index in [9.17, 15) is 8.42 Å². The van der Waals surface area contributed by atoms with Gasteiger partial charge in [-0.05, 0) is 17.9 Å². The standard InChI is InChI=1S/C11H20N4O2S2/c1-3-6-13-11(12-2)14-7-8-15-19(16,17)10-5-4-9-18-10/h4-5,9,15H,3,6-8H2,1-2H3,(H2,12,13,14). The molecule has 0 atom stereocenters. The first-order chi connectivity index (χ1) is 9.10. The second kappa shape index (κ2) is 8.13. The van der Waals surface area contributed by atoms with E-state index in [1.54, 1.807) is 24.6 Å². The number of rotatable bonds is 7. The first-order valence-corrected chi connectivity index (χ1v) is 8.44. The third-order valence-corrected chi connectivity index (χ3v) is 5.09. The Morgan fingerprint density at radius 3 is 2.63 bits per heavy atom. The van der Waals surface area contributed by atoms with Crippen molar-refractivity contribution in [1.82, 2.24) is 15.4 Å².